The van der Waals surface area contributed by atoms with Gasteiger partial charge in [0.2, 0.25) is 0 Å². The average Bonchev–Trinajstić information content (AvgIpc) is 2.81. The molecular formula is C16H14N2O2S. The van der Waals surface area contributed by atoms with Gasteiger partial charge in [0.1, 0.15) is 22.6 Å². The Balaban J connectivity index is 1.96. The number of thiophene rings is 1. The molecule has 0 fully saturated rings. The number of aryl methyl sites for hydroxylation is 1. The summed E-state index contributed by atoms with van der Waals surface area (Å²) in [5, 5.41) is 29.0. The van der Waals surface area contributed by atoms with E-state index in [4.69, 9.17) is 0 Å². The predicted octanol–water partition coefficient (Wildman–Crippen LogP) is 3.66. The van der Waals surface area contributed by atoms with Crippen molar-refractivity contribution in [1.29, 1.82) is 5.26 Å². The Bertz CT molecular complexity index is 736. The van der Waals surface area contributed by atoms with Gasteiger partial charge in [-0.1, -0.05) is 0 Å². The van der Waals surface area contributed by atoms with Crippen molar-refractivity contribution in [1.82, 2.24) is 0 Å². The number of nitrogens with zero attached hydrogens (tertiary/aromatic N) is 2. The first-order valence-corrected chi connectivity index (χ1v) is 7.61. The maximum atomic E-state index is 9.45. The molecule has 0 spiro atoms. The molecule has 0 bridgehead atoms. The molecule has 3 rings (SSSR count). The molecule has 5 heteroatoms. The van der Waals surface area contributed by atoms with Gasteiger partial charge >= 0.3 is 0 Å². The molecule has 1 aliphatic carbocycles. The number of hydrogen-bond acceptors (Lipinski definition) is 5. The molecule has 0 aliphatic heterocycles. The van der Waals surface area contributed by atoms with Crippen LogP contribution in [0.4, 0.5) is 5.00 Å². The van der Waals surface area contributed by atoms with Crippen LogP contribution in [0.1, 0.15) is 34.4 Å². The quantitative estimate of drug-likeness (QED) is 0.831. The summed E-state index contributed by atoms with van der Waals surface area (Å²) in [6.07, 6.45) is 5.84. The first-order chi connectivity index (χ1) is 10.2. The van der Waals surface area contributed by atoms with Gasteiger partial charge in [-0.2, -0.15) is 5.26 Å². The Kier molecular flexibility index (Phi) is 3.63. The van der Waals surface area contributed by atoms with E-state index in [0.29, 0.717) is 16.1 Å². The largest absolute Gasteiger partial charge is 0.508 e. The maximum absolute atomic E-state index is 9.45. The number of benzene rings is 1. The van der Waals surface area contributed by atoms with E-state index in [2.05, 4.69) is 11.1 Å². The van der Waals surface area contributed by atoms with Gasteiger partial charge in [0.05, 0.1) is 5.56 Å². The van der Waals surface area contributed by atoms with Crippen LogP contribution in [0.25, 0.3) is 0 Å². The summed E-state index contributed by atoms with van der Waals surface area (Å²) in [6, 6.07) is 6.56. The molecule has 0 atom stereocenters. The molecule has 0 amide bonds. The molecule has 106 valence electrons. The van der Waals surface area contributed by atoms with Crippen molar-refractivity contribution in [2.45, 2.75) is 25.7 Å². The van der Waals surface area contributed by atoms with Crippen molar-refractivity contribution >= 4 is 22.6 Å². The van der Waals surface area contributed by atoms with Gasteiger partial charge in [-0.15, -0.1) is 11.3 Å². The summed E-state index contributed by atoms with van der Waals surface area (Å²) in [5.74, 6) is -0.0233. The minimum Gasteiger partial charge on any atom is -0.508 e. The van der Waals surface area contributed by atoms with Gasteiger partial charge < -0.3 is 10.2 Å². The van der Waals surface area contributed by atoms with Crippen LogP contribution in [-0.2, 0) is 12.8 Å². The first-order valence-electron chi connectivity index (χ1n) is 6.79. The fourth-order valence-corrected chi connectivity index (χ4v) is 3.77. The zero-order valence-electron chi connectivity index (χ0n) is 11.3. The minimum absolute atomic E-state index is 0.0116. The lowest BCUT2D eigenvalue weighted by molar-refractivity contribution is 0.450. The van der Waals surface area contributed by atoms with E-state index in [-0.39, 0.29) is 11.5 Å². The molecule has 21 heavy (non-hydrogen) atoms. The van der Waals surface area contributed by atoms with Gasteiger partial charge in [-0.25, -0.2) is 4.99 Å². The summed E-state index contributed by atoms with van der Waals surface area (Å²) in [4.78, 5) is 5.65. The molecular weight excluding hydrogens is 284 g/mol. The summed E-state index contributed by atoms with van der Waals surface area (Å²) >= 11 is 1.57. The third-order valence-electron chi connectivity index (χ3n) is 3.52. The van der Waals surface area contributed by atoms with Gasteiger partial charge in [0.15, 0.2) is 0 Å². The van der Waals surface area contributed by atoms with Gasteiger partial charge in [-0.05, 0) is 43.4 Å². The second kappa shape index (κ2) is 5.58. The molecule has 0 radical (unpaired) electrons. The zero-order valence-corrected chi connectivity index (χ0v) is 12.2. The van der Waals surface area contributed by atoms with E-state index in [0.717, 1.165) is 24.8 Å². The number of aliphatic imine (C=N–C) groups is 1. The van der Waals surface area contributed by atoms with Crippen LogP contribution < -0.4 is 0 Å². The molecule has 1 aromatic carbocycles. The van der Waals surface area contributed by atoms with E-state index in [1.54, 1.807) is 17.6 Å². The van der Waals surface area contributed by atoms with E-state index < -0.39 is 0 Å². The molecule has 2 aromatic rings. The van der Waals surface area contributed by atoms with Crippen LogP contribution in [0.3, 0.4) is 0 Å². The second-order valence-corrected chi connectivity index (χ2v) is 6.13. The summed E-state index contributed by atoms with van der Waals surface area (Å²) in [5.41, 5.74) is 2.43. The third-order valence-corrected chi connectivity index (χ3v) is 4.72. The molecule has 2 N–H and O–H groups in total. The van der Waals surface area contributed by atoms with Crippen molar-refractivity contribution in [3.05, 3.63) is 39.8 Å². The number of fused-ring (bicyclic) bond motifs is 1. The van der Waals surface area contributed by atoms with Crippen LogP contribution in [0.2, 0.25) is 0 Å². The van der Waals surface area contributed by atoms with Crippen molar-refractivity contribution < 1.29 is 10.2 Å². The van der Waals surface area contributed by atoms with Crippen molar-refractivity contribution in [3.63, 3.8) is 0 Å². The number of hydrogen-bond donors (Lipinski definition) is 2. The smallest absolute Gasteiger partial charge is 0.134 e. The van der Waals surface area contributed by atoms with Gasteiger partial charge in [0, 0.05) is 22.7 Å². The lowest BCUT2D eigenvalue weighted by Crippen LogP contribution is -1.99. The highest BCUT2D eigenvalue weighted by atomic mass is 32.1. The lowest BCUT2D eigenvalue weighted by atomic mass is 9.96. The average molecular weight is 298 g/mol. The molecule has 1 aliphatic rings. The fraction of sp³-hybridized carbons (Fsp3) is 0.250. The topological polar surface area (TPSA) is 76.6 Å². The first kappa shape index (κ1) is 13.7. The molecule has 0 unspecified atom stereocenters. The SMILES string of the molecule is N#Cc1c(/N=C/c2cc(O)cc(O)c2)sc2c1CCCC2. The Hall–Kier alpha value is -2.32. The van der Waals surface area contributed by atoms with Crippen LogP contribution in [0.15, 0.2) is 23.2 Å². The third kappa shape index (κ3) is 2.76. The van der Waals surface area contributed by atoms with Crippen LogP contribution >= 0.6 is 11.3 Å². The van der Waals surface area contributed by atoms with E-state index in [9.17, 15) is 15.5 Å². The molecule has 1 heterocycles. The van der Waals surface area contributed by atoms with E-state index >= 15 is 0 Å². The highest BCUT2D eigenvalue weighted by molar-refractivity contribution is 7.16. The molecule has 0 saturated carbocycles. The highest BCUT2D eigenvalue weighted by Gasteiger charge is 2.20. The Morgan fingerprint density at radius 1 is 1.14 bits per heavy atom. The number of phenolic OH excluding ortho intramolecular Hbond substituents is 2. The minimum atomic E-state index is -0.0116. The van der Waals surface area contributed by atoms with E-state index in [1.165, 1.54) is 29.5 Å². The second-order valence-electron chi connectivity index (χ2n) is 5.04. The number of phenols is 2. The van der Waals surface area contributed by atoms with E-state index in [1.807, 2.05) is 0 Å². The molecule has 0 saturated heterocycles. The van der Waals surface area contributed by atoms with Crippen molar-refractivity contribution in [2.24, 2.45) is 4.99 Å². The van der Waals surface area contributed by atoms with Crippen LogP contribution in [0, 0.1) is 11.3 Å². The van der Waals surface area contributed by atoms with Crippen LogP contribution in [0.5, 0.6) is 11.5 Å². The highest BCUT2D eigenvalue weighted by Crippen LogP contribution is 2.39. The van der Waals surface area contributed by atoms with Gasteiger partial charge in [-0.3, -0.25) is 0 Å². The van der Waals surface area contributed by atoms with Gasteiger partial charge in [0.25, 0.3) is 0 Å². The standard InChI is InChI=1S/C16H14N2O2S/c17-8-14-13-3-1-2-4-15(13)21-16(14)18-9-10-5-11(19)7-12(20)6-10/h5-7,9,19-20H,1-4H2/b18-9+. The lowest BCUT2D eigenvalue weighted by Gasteiger charge is -2.09. The Labute approximate surface area is 126 Å². The summed E-state index contributed by atoms with van der Waals surface area (Å²) in [7, 11) is 0. The Morgan fingerprint density at radius 2 is 1.86 bits per heavy atom. The number of aromatic hydroxyl groups is 2. The summed E-state index contributed by atoms with van der Waals surface area (Å²) in [6.45, 7) is 0. The predicted molar refractivity (Wildman–Crippen MR) is 82.7 cm³/mol. The van der Waals surface area contributed by atoms with Crippen LogP contribution in [-0.4, -0.2) is 16.4 Å². The number of rotatable bonds is 2. The maximum Gasteiger partial charge on any atom is 0.134 e. The van der Waals surface area contributed by atoms with Crippen molar-refractivity contribution in [3.8, 4) is 17.6 Å². The zero-order chi connectivity index (χ0) is 14.8. The normalized spacial score (nSPS) is 14.0. The molecule has 4 nitrogen and oxygen atoms in total. The monoisotopic (exact) mass is 298 g/mol. The fourth-order valence-electron chi connectivity index (χ4n) is 2.58. The number of nitriles is 1. The Morgan fingerprint density at radius 3 is 2.57 bits per heavy atom. The van der Waals surface area contributed by atoms with Crippen molar-refractivity contribution in [2.75, 3.05) is 0 Å². The summed E-state index contributed by atoms with van der Waals surface area (Å²) < 4.78 is 0. The molecule has 1 aromatic heterocycles.